The van der Waals surface area contributed by atoms with Crippen LogP contribution in [0, 0.1) is 0 Å². The van der Waals surface area contributed by atoms with Gasteiger partial charge < -0.3 is 14.2 Å². The smallest absolute Gasteiger partial charge is 0.185 e. The molecule has 3 aliphatic rings. The Bertz CT molecular complexity index is 1380. The van der Waals surface area contributed by atoms with Crippen molar-refractivity contribution < 1.29 is 26.8 Å². The lowest BCUT2D eigenvalue weighted by molar-refractivity contribution is 0.216. The van der Waals surface area contributed by atoms with Gasteiger partial charge in [0.2, 0.25) is 0 Å². The minimum absolute atomic E-state index is 0.0189. The maximum atomic E-state index is 13.2. The van der Waals surface area contributed by atoms with Crippen molar-refractivity contribution in [3.05, 3.63) is 71.8 Å². The number of rotatable bonds is 2. The van der Waals surface area contributed by atoms with Crippen LogP contribution in [0.4, 0.5) is 0 Å². The highest BCUT2D eigenvalue weighted by atomic mass is 32.2. The van der Waals surface area contributed by atoms with Gasteiger partial charge in [0, 0.05) is 0 Å². The van der Waals surface area contributed by atoms with E-state index < -0.39 is 26.7 Å². The SMILES string of the molecule is O=S1CC(c2ccc3c(c2)OCCS3(=O)=O)Oc2ccc(C3COc4ccccc4S3)cc21. The number of benzene rings is 3. The van der Waals surface area contributed by atoms with E-state index in [-0.39, 0.29) is 22.5 Å². The zero-order valence-corrected chi connectivity index (χ0v) is 19.9. The fourth-order valence-electron chi connectivity index (χ4n) is 4.23. The summed E-state index contributed by atoms with van der Waals surface area (Å²) in [5.74, 6) is 2.09. The lowest BCUT2D eigenvalue weighted by Crippen LogP contribution is -2.24. The second-order valence-electron chi connectivity index (χ2n) is 8.06. The number of ether oxygens (including phenoxy) is 3. The summed E-state index contributed by atoms with van der Waals surface area (Å²) in [5, 5.41) is 0.111. The summed E-state index contributed by atoms with van der Waals surface area (Å²) in [6.07, 6.45) is -0.443. The van der Waals surface area contributed by atoms with Crippen molar-refractivity contribution in [3.8, 4) is 17.2 Å². The second kappa shape index (κ2) is 8.07. The summed E-state index contributed by atoms with van der Waals surface area (Å²) in [7, 11) is -4.58. The summed E-state index contributed by atoms with van der Waals surface area (Å²) in [6.45, 7) is 0.684. The lowest BCUT2D eigenvalue weighted by atomic mass is 10.1. The van der Waals surface area contributed by atoms with E-state index in [1.54, 1.807) is 30.0 Å². The molecule has 6 nitrogen and oxygen atoms in total. The molecule has 0 spiro atoms. The molecule has 0 saturated carbocycles. The zero-order valence-electron chi connectivity index (χ0n) is 17.4. The molecular weight excluding hydrogens is 480 g/mol. The van der Waals surface area contributed by atoms with Crippen molar-refractivity contribution in [2.45, 2.75) is 26.0 Å². The van der Waals surface area contributed by atoms with Crippen LogP contribution in [-0.2, 0) is 20.6 Å². The molecule has 3 aromatic carbocycles. The minimum atomic E-state index is -3.32. The van der Waals surface area contributed by atoms with Crippen molar-refractivity contribution in [2.24, 2.45) is 0 Å². The van der Waals surface area contributed by atoms with Gasteiger partial charge in [-0.25, -0.2) is 8.42 Å². The normalized spacial score (nSPS) is 24.8. The van der Waals surface area contributed by atoms with E-state index in [0.29, 0.717) is 28.8 Å². The van der Waals surface area contributed by atoms with Crippen LogP contribution in [0.25, 0.3) is 0 Å². The molecule has 170 valence electrons. The van der Waals surface area contributed by atoms with E-state index in [2.05, 4.69) is 0 Å². The topological polar surface area (TPSA) is 78.9 Å². The van der Waals surface area contributed by atoms with Gasteiger partial charge in [-0.15, -0.1) is 11.8 Å². The van der Waals surface area contributed by atoms with Crippen LogP contribution in [0.1, 0.15) is 22.5 Å². The molecule has 33 heavy (non-hydrogen) atoms. The molecule has 0 bridgehead atoms. The molecule has 0 radical (unpaired) electrons. The third kappa shape index (κ3) is 3.82. The Kier molecular flexibility index (Phi) is 5.15. The lowest BCUT2D eigenvalue weighted by Gasteiger charge is -2.29. The third-order valence-corrected chi connectivity index (χ3v) is 10.4. The van der Waals surface area contributed by atoms with Crippen molar-refractivity contribution in [1.29, 1.82) is 0 Å². The van der Waals surface area contributed by atoms with Gasteiger partial charge in [0.05, 0.1) is 37.3 Å². The van der Waals surface area contributed by atoms with E-state index in [0.717, 1.165) is 21.8 Å². The molecule has 3 aliphatic heterocycles. The van der Waals surface area contributed by atoms with Gasteiger partial charge >= 0.3 is 0 Å². The Balaban J connectivity index is 1.26. The molecular formula is C24H20O6S3. The van der Waals surface area contributed by atoms with Crippen LogP contribution in [-0.4, -0.2) is 37.3 Å². The molecule has 0 amide bonds. The Labute approximate surface area is 198 Å². The minimum Gasteiger partial charge on any atom is -0.491 e. The first-order valence-electron chi connectivity index (χ1n) is 10.5. The number of hydrogen-bond donors (Lipinski definition) is 0. The molecule has 3 atom stereocenters. The van der Waals surface area contributed by atoms with Crippen molar-refractivity contribution >= 4 is 32.4 Å². The Hall–Kier alpha value is -2.49. The highest BCUT2D eigenvalue weighted by Crippen LogP contribution is 2.46. The molecule has 6 rings (SSSR count). The monoisotopic (exact) mass is 500 g/mol. The predicted octanol–water partition coefficient (Wildman–Crippen LogP) is 4.32. The predicted molar refractivity (Wildman–Crippen MR) is 126 cm³/mol. The molecule has 3 heterocycles. The second-order valence-corrected chi connectivity index (χ2v) is 12.8. The Morgan fingerprint density at radius 2 is 1.76 bits per heavy atom. The van der Waals surface area contributed by atoms with Crippen LogP contribution in [0.15, 0.2) is 75.4 Å². The van der Waals surface area contributed by atoms with Gasteiger partial charge in [-0.05, 0) is 47.5 Å². The van der Waals surface area contributed by atoms with Crippen LogP contribution in [0.5, 0.6) is 17.2 Å². The maximum Gasteiger partial charge on any atom is 0.185 e. The van der Waals surface area contributed by atoms with E-state index in [9.17, 15) is 12.6 Å². The summed E-state index contributed by atoms with van der Waals surface area (Å²) >= 11 is 1.74. The largest absolute Gasteiger partial charge is 0.491 e. The summed E-state index contributed by atoms with van der Waals surface area (Å²) in [4.78, 5) is 1.98. The maximum absolute atomic E-state index is 13.2. The summed E-state index contributed by atoms with van der Waals surface area (Å²) in [6, 6.07) is 18.8. The Morgan fingerprint density at radius 1 is 0.909 bits per heavy atom. The van der Waals surface area contributed by atoms with Gasteiger partial charge in [0.15, 0.2) is 9.84 Å². The highest BCUT2D eigenvalue weighted by molar-refractivity contribution is 7.99. The number of thioether (sulfide) groups is 1. The zero-order chi connectivity index (χ0) is 22.6. The first kappa shape index (κ1) is 21.1. The summed E-state index contributed by atoms with van der Waals surface area (Å²) < 4.78 is 55.3. The molecule has 0 aliphatic carbocycles. The quantitative estimate of drug-likeness (QED) is 0.519. The van der Waals surface area contributed by atoms with Gasteiger partial charge in [-0.1, -0.05) is 24.3 Å². The van der Waals surface area contributed by atoms with Crippen LogP contribution < -0.4 is 14.2 Å². The van der Waals surface area contributed by atoms with Crippen molar-refractivity contribution in [2.75, 3.05) is 24.7 Å². The van der Waals surface area contributed by atoms with Gasteiger partial charge in [-0.3, -0.25) is 4.21 Å². The fraction of sp³-hybridized carbons (Fsp3) is 0.250. The van der Waals surface area contributed by atoms with Gasteiger partial charge in [-0.2, -0.15) is 0 Å². The van der Waals surface area contributed by atoms with E-state index in [1.807, 2.05) is 42.5 Å². The highest BCUT2D eigenvalue weighted by Gasteiger charge is 2.31. The van der Waals surface area contributed by atoms with Crippen LogP contribution in [0.3, 0.4) is 0 Å². The Morgan fingerprint density at radius 3 is 2.67 bits per heavy atom. The number of fused-ring (bicyclic) bond motifs is 3. The molecule has 3 aromatic rings. The van der Waals surface area contributed by atoms with Crippen molar-refractivity contribution in [3.63, 3.8) is 0 Å². The van der Waals surface area contributed by atoms with Crippen LogP contribution >= 0.6 is 11.8 Å². The first-order valence-corrected chi connectivity index (χ1v) is 14.4. The average Bonchev–Trinajstić information content (AvgIpc) is 2.83. The van der Waals surface area contributed by atoms with E-state index in [4.69, 9.17) is 14.2 Å². The first-order chi connectivity index (χ1) is 16.0. The number of para-hydroxylation sites is 1. The molecule has 9 heteroatoms. The number of sulfone groups is 1. The molecule has 0 N–H and O–H groups in total. The van der Waals surface area contributed by atoms with Gasteiger partial charge in [0.25, 0.3) is 0 Å². The third-order valence-electron chi connectivity index (χ3n) is 5.95. The van der Waals surface area contributed by atoms with Crippen LogP contribution in [0.2, 0.25) is 0 Å². The molecule has 3 unspecified atom stereocenters. The molecule has 0 fully saturated rings. The number of hydrogen-bond acceptors (Lipinski definition) is 7. The fourth-order valence-corrected chi connectivity index (χ4v) is 7.90. The van der Waals surface area contributed by atoms with Crippen molar-refractivity contribution in [1.82, 2.24) is 0 Å². The standard InChI is InChI=1S/C24H20O6S3/c25-32-14-20(15-6-8-24-19(11-15)28-9-10-33(24,26)27)30-18-7-5-16(12-23(18)32)22-13-29-17-3-1-2-4-21(17)31-22/h1-8,11-12,20,22H,9-10,13-14H2. The van der Waals surface area contributed by atoms with E-state index in [1.165, 1.54) is 0 Å². The average molecular weight is 501 g/mol. The van der Waals surface area contributed by atoms with E-state index >= 15 is 0 Å². The molecule has 0 saturated heterocycles. The summed E-state index contributed by atoms with van der Waals surface area (Å²) in [5.41, 5.74) is 1.80. The van der Waals surface area contributed by atoms with Gasteiger partial charge in [0.1, 0.15) is 41.5 Å². The molecule has 0 aromatic heterocycles.